The van der Waals surface area contributed by atoms with E-state index in [0.717, 1.165) is 0 Å². The minimum atomic E-state index is -1.70. The van der Waals surface area contributed by atoms with Crippen molar-refractivity contribution >= 4 is 23.5 Å². The molecule has 2 bridgehead atoms. The Balaban J connectivity index is 1.75. The van der Waals surface area contributed by atoms with E-state index in [0.29, 0.717) is 24.0 Å². The zero-order chi connectivity index (χ0) is 28.2. The Bertz CT molecular complexity index is 1290. The number of Topliss-reactive ketones (excluding diaryl/α,β-unsaturated/α-hetero) is 2. The van der Waals surface area contributed by atoms with Crippen LogP contribution in [0.1, 0.15) is 74.6 Å². The highest BCUT2D eigenvalue weighted by Gasteiger charge is 2.81. The summed E-state index contributed by atoms with van der Waals surface area (Å²) in [5.41, 5.74) is -3.20. The van der Waals surface area contributed by atoms with Crippen LogP contribution in [0.4, 0.5) is 0 Å². The Hall–Kier alpha value is -3.32. The quantitative estimate of drug-likeness (QED) is 0.471. The third-order valence-corrected chi connectivity index (χ3v) is 9.34. The second-order valence-corrected chi connectivity index (χ2v) is 11.9. The molecule has 2 saturated carbocycles. The second-order valence-electron chi connectivity index (χ2n) is 11.9. The Morgan fingerprint density at radius 3 is 1.92 bits per heavy atom. The molecular formula is C32H36O7. The van der Waals surface area contributed by atoms with E-state index in [1.165, 1.54) is 13.8 Å². The SMILES string of the molecule is CC(=O)[C@H]1CC[C@@H](C)[C@]23OC(C)(C)[C@H](C[C@H](OC(=O)c4ccccc4)[C@]12OC(=O)c1ccccc1)[C@@H]3C(C)=O. The Labute approximate surface area is 229 Å². The number of benzene rings is 2. The molecule has 1 saturated heterocycles. The van der Waals surface area contributed by atoms with Crippen molar-refractivity contribution in [1.82, 2.24) is 0 Å². The van der Waals surface area contributed by atoms with Gasteiger partial charge in [-0.05, 0) is 77.1 Å². The summed E-state index contributed by atoms with van der Waals surface area (Å²) < 4.78 is 19.7. The van der Waals surface area contributed by atoms with Crippen molar-refractivity contribution < 1.29 is 33.4 Å². The van der Waals surface area contributed by atoms with Gasteiger partial charge in [-0.2, -0.15) is 0 Å². The average Bonchev–Trinajstić information content (AvgIpc) is 3.10. The van der Waals surface area contributed by atoms with Gasteiger partial charge in [0.25, 0.3) is 0 Å². The van der Waals surface area contributed by atoms with Crippen molar-refractivity contribution in [3.05, 3.63) is 71.8 Å². The van der Waals surface area contributed by atoms with Crippen LogP contribution < -0.4 is 0 Å². The molecule has 0 aromatic heterocycles. The Morgan fingerprint density at radius 1 is 0.821 bits per heavy atom. The molecule has 0 radical (unpaired) electrons. The summed E-state index contributed by atoms with van der Waals surface area (Å²) in [5.74, 6) is -3.54. The summed E-state index contributed by atoms with van der Waals surface area (Å²) in [7, 11) is 0. The lowest BCUT2D eigenvalue weighted by Gasteiger charge is -2.62. The molecule has 2 aromatic carbocycles. The third-order valence-electron chi connectivity index (χ3n) is 9.34. The van der Waals surface area contributed by atoms with Crippen LogP contribution in [-0.2, 0) is 23.8 Å². The second kappa shape index (κ2) is 9.70. The number of ether oxygens (including phenoxy) is 3. The van der Waals surface area contributed by atoms with Crippen molar-refractivity contribution in [2.45, 2.75) is 76.8 Å². The highest BCUT2D eigenvalue weighted by atomic mass is 16.6. The minimum Gasteiger partial charge on any atom is -0.454 e. The molecule has 206 valence electrons. The lowest BCUT2D eigenvalue weighted by molar-refractivity contribution is -0.288. The molecule has 3 fully saturated rings. The zero-order valence-electron chi connectivity index (χ0n) is 23.1. The standard InChI is InChI=1S/C32H36O7/c1-19-16-17-24(20(2)33)32(38-29(36)23-14-10-7-11-15-23)26(37-28(35)22-12-8-6-9-13-22)18-25-27(21(3)34)31(19,32)39-30(25,4)5/h6-15,19,24-27H,16-18H2,1-5H3/t19-,24-,25-,26+,27+,31-,32-/m1/s1. The van der Waals surface area contributed by atoms with Crippen LogP contribution in [0, 0.1) is 23.7 Å². The van der Waals surface area contributed by atoms with Crippen molar-refractivity contribution in [2.75, 3.05) is 0 Å². The smallest absolute Gasteiger partial charge is 0.338 e. The summed E-state index contributed by atoms with van der Waals surface area (Å²) in [4.78, 5) is 54.2. The van der Waals surface area contributed by atoms with E-state index < -0.39 is 46.7 Å². The molecule has 0 N–H and O–H groups in total. The van der Waals surface area contributed by atoms with Crippen LogP contribution >= 0.6 is 0 Å². The van der Waals surface area contributed by atoms with Gasteiger partial charge in [-0.1, -0.05) is 43.3 Å². The van der Waals surface area contributed by atoms with Crippen LogP contribution in [0.15, 0.2) is 60.7 Å². The molecule has 2 aliphatic carbocycles. The van der Waals surface area contributed by atoms with E-state index in [1.807, 2.05) is 20.8 Å². The fourth-order valence-electron chi connectivity index (χ4n) is 7.81. The molecule has 7 nitrogen and oxygen atoms in total. The van der Waals surface area contributed by atoms with E-state index in [4.69, 9.17) is 14.2 Å². The fraction of sp³-hybridized carbons (Fsp3) is 0.500. The number of carbonyl (C=O) groups is 4. The van der Waals surface area contributed by atoms with Crippen LogP contribution in [0.2, 0.25) is 0 Å². The van der Waals surface area contributed by atoms with Crippen molar-refractivity contribution in [3.63, 3.8) is 0 Å². The monoisotopic (exact) mass is 532 g/mol. The van der Waals surface area contributed by atoms with Crippen LogP contribution in [0.25, 0.3) is 0 Å². The lowest BCUT2D eigenvalue weighted by Crippen LogP contribution is -2.78. The molecule has 2 aromatic rings. The maximum Gasteiger partial charge on any atom is 0.338 e. The van der Waals surface area contributed by atoms with E-state index in [1.54, 1.807) is 60.7 Å². The number of rotatable bonds is 6. The molecule has 7 atom stereocenters. The predicted molar refractivity (Wildman–Crippen MR) is 143 cm³/mol. The molecule has 1 spiro atoms. The summed E-state index contributed by atoms with van der Waals surface area (Å²) in [6, 6.07) is 17.1. The van der Waals surface area contributed by atoms with Gasteiger partial charge < -0.3 is 14.2 Å². The molecular weight excluding hydrogens is 496 g/mol. The van der Waals surface area contributed by atoms with Gasteiger partial charge >= 0.3 is 11.9 Å². The molecule has 39 heavy (non-hydrogen) atoms. The lowest BCUT2D eigenvalue weighted by atomic mass is 9.47. The normalized spacial score (nSPS) is 34.4. The molecule has 0 unspecified atom stereocenters. The molecule has 7 heteroatoms. The van der Waals surface area contributed by atoms with Gasteiger partial charge in [0.05, 0.1) is 28.6 Å². The number of hydrogen-bond acceptors (Lipinski definition) is 7. The number of hydrogen-bond donors (Lipinski definition) is 0. The van der Waals surface area contributed by atoms with Gasteiger partial charge in [0.2, 0.25) is 0 Å². The van der Waals surface area contributed by atoms with E-state index in [2.05, 4.69) is 0 Å². The van der Waals surface area contributed by atoms with Crippen LogP contribution in [0.5, 0.6) is 0 Å². The molecule has 0 amide bonds. The largest absolute Gasteiger partial charge is 0.454 e. The van der Waals surface area contributed by atoms with Crippen molar-refractivity contribution in [2.24, 2.45) is 23.7 Å². The topological polar surface area (TPSA) is 96.0 Å². The average molecular weight is 533 g/mol. The first kappa shape index (κ1) is 27.3. The first-order valence-corrected chi connectivity index (χ1v) is 13.7. The van der Waals surface area contributed by atoms with Gasteiger partial charge in [-0.25, -0.2) is 9.59 Å². The van der Waals surface area contributed by atoms with Gasteiger partial charge in [-0.3, -0.25) is 9.59 Å². The highest BCUT2D eigenvalue weighted by molar-refractivity contribution is 5.92. The van der Waals surface area contributed by atoms with Crippen LogP contribution in [0.3, 0.4) is 0 Å². The number of fused-ring (bicyclic) bond motifs is 1. The van der Waals surface area contributed by atoms with E-state index in [-0.39, 0.29) is 29.8 Å². The van der Waals surface area contributed by atoms with Gasteiger partial charge in [0.15, 0.2) is 5.60 Å². The highest BCUT2D eigenvalue weighted by Crippen LogP contribution is 2.68. The number of carbonyl (C=O) groups excluding carboxylic acids is 4. The van der Waals surface area contributed by atoms with E-state index in [9.17, 15) is 19.2 Å². The summed E-state index contributed by atoms with van der Waals surface area (Å²) in [5, 5.41) is 0. The van der Waals surface area contributed by atoms with Crippen LogP contribution in [-0.4, -0.2) is 46.4 Å². The molecule has 1 aliphatic heterocycles. The third kappa shape index (κ3) is 4.05. The first-order valence-electron chi connectivity index (χ1n) is 13.7. The van der Waals surface area contributed by atoms with E-state index >= 15 is 0 Å². The van der Waals surface area contributed by atoms with Gasteiger partial charge in [0, 0.05) is 5.92 Å². The maximum atomic E-state index is 13.8. The number of esters is 2. The van der Waals surface area contributed by atoms with Crippen molar-refractivity contribution in [1.29, 1.82) is 0 Å². The summed E-state index contributed by atoms with van der Waals surface area (Å²) >= 11 is 0. The van der Waals surface area contributed by atoms with Crippen molar-refractivity contribution in [3.8, 4) is 0 Å². The molecule has 3 aliphatic rings. The minimum absolute atomic E-state index is 0.0883. The fourth-order valence-corrected chi connectivity index (χ4v) is 7.81. The van der Waals surface area contributed by atoms with Gasteiger partial charge in [-0.15, -0.1) is 0 Å². The summed E-state index contributed by atoms with van der Waals surface area (Å²) in [6.07, 6.45) is 0.229. The molecule has 5 rings (SSSR count). The maximum absolute atomic E-state index is 13.8. The Morgan fingerprint density at radius 2 is 1.38 bits per heavy atom. The predicted octanol–water partition coefficient (Wildman–Crippen LogP) is 5.22. The number of ketones is 2. The van der Waals surface area contributed by atoms with Gasteiger partial charge in [0.1, 0.15) is 23.3 Å². The Kier molecular flexibility index (Phi) is 6.78. The summed E-state index contributed by atoms with van der Waals surface area (Å²) in [6.45, 7) is 8.85. The zero-order valence-corrected chi connectivity index (χ0v) is 23.1. The first-order chi connectivity index (χ1) is 18.5. The molecule has 1 heterocycles.